The van der Waals surface area contributed by atoms with Crippen molar-refractivity contribution in [1.29, 1.82) is 0 Å². The molecule has 4 heteroatoms. The predicted molar refractivity (Wildman–Crippen MR) is 87.3 cm³/mol. The Balaban J connectivity index is 2.38. The summed E-state index contributed by atoms with van der Waals surface area (Å²) in [5, 5.41) is 3.34. The normalized spacial score (nSPS) is 23.5. The third-order valence-corrected chi connectivity index (χ3v) is 4.94. The van der Waals surface area contributed by atoms with Crippen molar-refractivity contribution < 1.29 is 4.74 Å². The number of halogens is 1. The Morgan fingerprint density at radius 2 is 2.20 bits per heavy atom. The summed E-state index contributed by atoms with van der Waals surface area (Å²) in [6.45, 7) is 6.78. The first-order valence-corrected chi connectivity index (χ1v) is 8.11. The highest BCUT2D eigenvalue weighted by Crippen LogP contribution is 2.42. The number of likely N-dealkylation sites (tertiary alicyclic amines) is 1. The first kappa shape index (κ1) is 15.8. The van der Waals surface area contributed by atoms with E-state index in [-0.39, 0.29) is 0 Å². The van der Waals surface area contributed by atoms with E-state index >= 15 is 0 Å². The predicted octanol–water partition coefficient (Wildman–Crippen LogP) is 3.45. The summed E-state index contributed by atoms with van der Waals surface area (Å²) in [6, 6.07) is 7.29. The minimum absolute atomic E-state index is 0.451. The molecule has 112 valence electrons. The molecular formula is C16H25BrN2O. The minimum Gasteiger partial charge on any atom is -0.497 e. The molecule has 0 saturated carbocycles. The van der Waals surface area contributed by atoms with Crippen molar-refractivity contribution in [3.8, 4) is 5.75 Å². The van der Waals surface area contributed by atoms with E-state index in [1.807, 2.05) is 13.1 Å². The van der Waals surface area contributed by atoms with Crippen molar-refractivity contribution in [3.05, 3.63) is 28.2 Å². The molecule has 1 heterocycles. The average molecular weight is 341 g/mol. The van der Waals surface area contributed by atoms with Crippen molar-refractivity contribution in [1.82, 2.24) is 10.2 Å². The Morgan fingerprint density at radius 1 is 1.45 bits per heavy atom. The van der Waals surface area contributed by atoms with E-state index in [1.54, 1.807) is 7.11 Å². The molecule has 1 fully saturated rings. The highest BCUT2D eigenvalue weighted by Gasteiger charge is 2.37. The lowest BCUT2D eigenvalue weighted by Gasteiger charge is -2.32. The summed E-state index contributed by atoms with van der Waals surface area (Å²) in [5.74, 6) is 1.58. The molecule has 3 nitrogen and oxygen atoms in total. The molecule has 1 aliphatic rings. The van der Waals surface area contributed by atoms with Crippen LogP contribution >= 0.6 is 15.9 Å². The molecule has 1 N–H and O–H groups in total. The van der Waals surface area contributed by atoms with Gasteiger partial charge in [0.25, 0.3) is 0 Å². The zero-order valence-corrected chi connectivity index (χ0v) is 14.4. The second kappa shape index (κ2) is 6.92. The lowest BCUT2D eigenvalue weighted by atomic mass is 9.93. The lowest BCUT2D eigenvalue weighted by Crippen LogP contribution is -2.34. The number of methoxy groups -OCH3 is 1. The highest BCUT2D eigenvalue weighted by molar-refractivity contribution is 9.10. The first-order valence-electron chi connectivity index (χ1n) is 7.32. The number of nitrogens with one attached hydrogen (secondary N) is 1. The molecule has 20 heavy (non-hydrogen) atoms. The third kappa shape index (κ3) is 3.18. The van der Waals surface area contributed by atoms with Crippen LogP contribution in [0, 0.1) is 5.92 Å². The number of hydrogen-bond acceptors (Lipinski definition) is 3. The largest absolute Gasteiger partial charge is 0.497 e. The quantitative estimate of drug-likeness (QED) is 0.888. The van der Waals surface area contributed by atoms with Crippen LogP contribution in [-0.2, 0) is 0 Å². The van der Waals surface area contributed by atoms with Crippen LogP contribution in [0.1, 0.15) is 31.9 Å². The fourth-order valence-electron chi connectivity index (χ4n) is 3.25. The molecule has 0 aromatic heterocycles. The summed E-state index contributed by atoms with van der Waals surface area (Å²) in [6.07, 6.45) is 1.24. The smallest absolute Gasteiger partial charge is 0.119 e. The maximum atomic E-state index is 5.41. The fourth-order valence-corrected chi connectivity index (χ4v) is 3.73. The number of hydrogen-bond donors (Lipinski definition) is 1. The summed E-state index contributed by atoms with van der Waals surface area (Å²) in [7, 11) is 3.77. The molecule has 0 aliphatic carbocycles. The molecule has 0 radical (unpaired) electrons. The van der Waals surface area contributed by atoms with Crippen LogP contribution in [0.4, 0.5) is 0 Å². The minimum atomic E-state index is 0.451. The zero-order chi connectivity index (χ0) is 14.7. The van der Waals surface area contributed by atoms with E-state index in [0.717, 1.165) is 12.3 Å². The molecule has 0 amide bonds. The molecule has 2 rings (SSSR count). The van der Waals surface area contributed by atoms with Gasteiger partial charge in [0.15, 0.2) is 0 Å². The van der Waals surface area contributed by atoms with Gasteiger partial charge in [0.1, 0.15) is 5.75 Å². The molecular weight excluding hydrogens is 316 g/mol. The van der Waals surface area contributed by atoms with Gasteiger partial charge in [-0.2, -0.15) is 0 Å². The van der Waals surface area contributed by atoms with Gasteiger partial charge >= 0.3 is 0 Å². The fraction of sp³-hybridized carbons (Fsp3) is 0.625. The van der Waals surface area contributed by atoms with Crippen LogP contribution in [0.5, 0.6) is 5.75 Å². The number of rotatable bonds is 5. The average Bonchev–Trinajstić information content (AvgIpc) is 2.84. The maximum absolute atomic E-state index is 5.41. The van der Waals surface area contributed by atoms with Gasteiger partial charge in [0, 0.05) is 16.6 Å². The molecule has 1 saturated heterocycles. The molecule has 0 bridgehead atoms. The van der Waals surface area contributed by atoms with Gasteiger partial charge in [-0.3, -0.25) is 4.90 Å². The Kier molecular flexibility index (Phi) is 5.47. The van der Waals surface area contributed by atoms with Crippen molar-refractivity contribution in [3.63, 3.8) is 0 Å². The Hall–Kier alpha value is -0.580. The van der Waals surface area contributed by atoms with Gasteiger partial charge in [-0.05, 0) is 70.1 Å². The zero-order valence-electron chi connectivity index (χ0n) is 12.8. The number of nitrogens with zero attached hydrogens (tertiary/aromatic N) is 1. The van der Waals surface area contributed by atoms with Crippen molar-refractivity contribution in [2.75, 3.05) is 27.2 Å². The molecule has 2 unspecified atom stereocenters. The summed E-state index contributed by atoms with van der Waals surface area (Å²) in [4.78, 5) is 2.60. The third-order valence-electron chi connectivity index (χ3n) is 4.21. The Morgan fingerprint density at radius 3 is 2.80 bits per heavy atom. The number of benzene rings is 1. The summed E-state index contributed by atoms with van der Waals surface area (Å²) in [5.41, 5.74) is 1.34. The SMILES string of the molecule is CNCC1CCN(C(C)C)C1c1cc(OC)ccc1Br. The van der Waals surface area contributed by atoms with Gasteiger partial charge in [0.05, 0.1) is 7.11 Å². The van der Waals surface area contributed by atoms with Crippen LogP contribution in [0.25, 0.3) is 0 Å². The van der Waals surface area contributed by atoms with Gasteiger partial charge in [-0.15, -0.1) is 0 Å². The number of ether oxygens (including phenoxy) is 1. The van der Waals surface area contributed by atoms with E-state index in [2.05, 4.69) is 52.1 Å². The van der Waals surface area contributed by atoms with Crippen LogP contribution in [0.15, 0.2) is 22.7 Å². The van der Waals surface area contributed by atoms with Crippen LogP contribution in [0.2, 0.25) is 0 Å². The monoisotopic (exact) mass is 340 g/mol. The Bertz CT molecular complexity index is 450. The van der Waals surface area contributed by atoms with Gasteiger partial charge in [-0.1, -0.05) is 15.9 Å². The second-order valence-electron chi connectivity index (χ2n) is 5.77. The second-order valence-corrected chi connectivity index (χ2v) is 6.62. The molecule has 2 atom stereocenters. The maximum Gasteiger partial charge on any atom is 0.119 e. The molecule has 1 aromatic carbocycles. The van der Waals surface area contributed by atoms with Crippen LogP contribution in [0.3, 0.4) is 0 Å². The van der Waals surface area contributed by atoms with Crippen molar-refractivity contribution >= 4 is 15.9 Å². The molecule has 1 aromatic rings. The topological polar surface area (TPSA) is 24.5 Å². The van der Waals surface area contributed by atoms with E-state index in [0.29, 0.717) is 18.0 Å². The molecule has 1 aliphatic heterocycles. The summed E-state index contributed by atoms with van der Waals surface area (Å²) < 4.78 is 6.58. The van der Waals surface area contributed by atoms with Crippen molar-refractivity contribution in [2.45, 2.75) is 32.4 Å². The van der Waals surface area contributed by atoms with Gasteiger partial charge < -0.3 is 10.1 Å². The molecule has 0 spiro atoms. The van der Waals surface area contributed by atoms with E-state index in [9.17, 15) is 0 Å². The van der Waals surface area contributed by atoms with Crippen LogP contribution in [-0.4, -0.2) is 38.2 Å². The standard InChI is InChI=1S/C16H25BrN2O/c1-11(2)19-8-7-12(10-18-3)16(19)14-9-13(20-4)5-6-15(14)17/h5-6,9,11-12,16,18H,7-8,10H2,1-4H3. The van der Waals surface area contributed by atoms with E-state index < -0.39 is 0 Å². The van der Waals surface area contributed by atoms with Gasteiger partial charge in [-0.25, -0.2) is 0 Å². The van der Waals surface area contributed by atoms with Gasteiger partial charge in [0.2, 0.25) is 0 Å². The van der Waals surface area contributed by atoms with E-state index in [4.69, 9.17) is 4.74 Å². The Labute approximate surface area is 130 Å². The summed E-state index contributed by atoms with van der Waals surface area (Å²) >= 11 is 3.72. The van der Waals surface area contributed by atoms with Crippen LogP contribution < -0.4 is 10.1 Å². The van der Waals surface area contributed by atoms with Crippen molar-refractivity contribution in [2.24, 2.45) is 5.92 Å². The lowest BCUT2D eigenvalue weighted by molar-refractivity contribution is 0.181. The first-order chi connectivity index (χ1) is 9.58. The highest BCUT2D eigenvalue weighted by atomic mass is 79.9. The van der Waals surface area contributed by atoms with E-state index in [1.165, 1.54) is 23.0 Å².